The topological polar surface area (TPSA) is 88.8 Å². The molecule has 0 bridgehead atoms. The lowest BCUT2D eigenvalue weighted by molar-refractivity contribution is -0.125. The number of benzene rings is 1. The molecule has 1 saturated heterocycles. The first-order valence-corrected chi connectivity index (χ1v) is 9.25. The molecule has 10 heteroatoms. The number of amides is 1. The minimum Gasteiger partial charge on any atom is -0.354 e. The van der Waals surface area contributed by atoms with Gasteiger partial charge in [0.1, 0.15) is 24.3 Å². The van der Waals surface area contributed by atoms with Crippen LogP contribution in [0.2, 0.25) is 0 Å². The van der Waals surface area contributed by atoms with Crippen LogP contribution >= 0.6 is 0 Å². The van der Waals surface area contributed by atoms with E-state index >= 15 is 0 Å². The maximum Gasteiger partial charge on any atom is 0.225 e. The van der Waals surface area contributed by atoms with Gasteiger partial charge in [0.05, 0.1) is 5.92 Å². The van der Waals surface area contributed by atoms with Crippen LogP contribution in [0, 0.1) is 17.6 Å². The summed E-state index contributed by atoms with van der Waals surface area (Å²) in [5, 5.41) is 15.1. The first-order valence-electron chi connectivity index (χ1n) is 9.25. The minimum absolute atomic E-state index is 0.0217. The molecule has 0 aliphatic carbocycles. The molecule has 0 radical (unpaired) electrons. The number of hydrogen-bond acceptors (Lipinski definition) is 6. The molecule has 8 nitrogen and oxygen atoms in total. The van der Waals surface area contributed by atoms with Gasteiger partial charge in [0.2, 0.25) is 5.91 Å². The van der Waals surface area contributed by atoms with Crippen molar-refractivity contribution in [3.8, 4) is 5.82 Å². The average molecular weight is 399 g/mol. The van der Waals surface area contributed by atoms with Gasteiger partial charge in [-0.1, -0.05) is 6.07 Å². The standard InChI is InChI=1S/C19H19F2N7O/c20-15-4-3-13(16(21)8-15)9-23-19(29)14-2-1-7-27(10-14)17-5-6-18(26-25-17)28-12-22-11-24-28/h3-6,8,11-12,14H,1-2,7,9-10H2,(H,23,29). The van der Waals surface area contributed by atoms with Gasteiger partial charge in [-0.3, -0.25) is 4.79 Å². The van der Waals surface area contributed by atoms with Crippen LogP contribution in [0.5, 0.6) is 0 Å². The van der Waals surface area contributed by atoms with Gasteiger partial charge in [0.25, 0.3) is 0 Å². The maximum absolute atomic E-state index is 13.7. The predicted octanol–water partition coefficient (Wildman–Crippen LogP) is 1.87. The number of nitrogens with one attached hydrogen (secondary N) is 1. The molecule has 3 aromatic rings. The lowest BCUT2D eigenvalue weighted by atomic mass is 9.97. The molecule has 1 N–H and O–H groups in total. The highest BCUT2D eigenvalue weighted by Gasteiger charge is 2.26. The maximum atomic E-state index is 13.7. The van der Waals surface area contributed by atoms with Gasteiger partial charge >= 0.3 is 0 Å². The summed E-state index contributed by atoms with van der Waals surface area (Å²) in [4.78, 5) is 18.4. The molecule has 4 rings (SSSR count). The number of rotatable bonds is 5. The van der Waals surface area contributed by atoms with E-state index in [1.54, 1.807) is 6.07 Å². The van der Waals surface area contributed by atoms with Crippen molar-refractivity contribution in [3.63, 3.8) is 0 Å². The van der Waals surface area contributed by atoms with E-state index in [1.165, 1.54) is 29.5 Å². The van der Waals surface area contributed by atoms with Gasteiger partial charge in [0, 0.05) is 31.3 Å². The van der Waals surface area contributed by atoms with E-state index in [-0.39, 0.29) is 23.9 Å². The number of nitrogens with zero attached hydrogens (tertiary/aromatic N) is 6. The van der Waals surface area contributed by atoms with Crippen LogP contribution in [-0.2, 0) is 11.3 Å². The number of carbonyl (C=O) groups excluding carboxylic acids is 1. The highest BCUT2D eigenvalue weighted by molar-refractivity contribution is 5.79. The second-order valence-electron chi connectivity index (χ2n) is 6.83. The van der Waals surface area contributed by atoms with Crippen molar-refractivity contribution in [3.05, 3.63) is 60.2 Å². The van der Waals surface area contributed by atoms with Gasteiger partial charge in [0.15, 0.2) is 11.6 Å². The highest BCUT2D eigenvalue weighted by Crippen LogP contribution is 2.22. The van der Waals surface area contributed by atoms with Crippen molar-refractivity contribution < 1.29 is 13.6 Å². The number of aromatic nitrogens is 5. The zero-order valence-corrected chi connectivity index (χ0v) is 15.5. The van der Waals surface area contributed by atoms with Crippen molar-refractivity contribution >= 4 is 11.7 Å². The van der Waals surface area contributed by atoms with Gasteiger partial charge in [-0.2, -0.15) is 5.10 Å². The Kier molecular flexibility index (Phi) is 5.41. The Labute approximate surface area is 165 Å². The lowest BCUT2D eigenvalue weighted by Gasteiger charge is -2.32. The molecule has 0 saturated carbocycles. The molecule has 1 atom stereocenters. The van der Waals surface area contributed by atoms with Crippen LogP contribution in [0.25, 0.3) is 5.82 Å². The summed E-state index contributed by atoms with van der Waals surface area (Å²) >= 11 is 0. The molecule has 2 aromatic heterocycles. The Bertz CT molecular complexity index is 979. The van der Waals surface area contributed by atoms with Crippen molar-refractivity contribution in [2.45, 2.75) is 19.4 Å². The fourth-order valence-corrected chi connectivity index (χ4v) is 3.33. The molecule has 150 valence electrons. The third kappa shape index (κ3) is 4.36. The van der Waals surface area contributed by atoms with Crippen LogP contribution < -0.4 is 10.2 Å². The molecular formula is C19H19F2N7O. The van der Waals surface area contributed by atoms with E-state index in [2.05, 4.69) is 25.6 Å². The van der Waals surface area contributed by atoms with Crippen LogP contribution in [0.1, 0.15) is 18.4 Å². The van der Waals surface area contributed by atoms with E-state index in [4.69, 9.17) is 0 Å². The minimum atomic E-state index is -0.668. The molecule has 3 heterocycles. The Balaban J connectivity index is 1.37. The smallest absolute Gasteiger partial charge is 0.225 e. The molecular weight excluding hydrogens is 380 g/mol. The summed E-state index contributed by atoms with van der Waals surface area (Å²) in [6.07, 6.45) is 4.52. The fraction of sp³-hybridized carbons (Fsp3) is 0.316. The molecule has 1 aromatic carbocycles. The van der Waals surface area contributed by atoms with Crippen molar-refractivity contribution in [2.75, 3.05) is 18.0 Å². The monoisotopic (exact) mass is 399 g/mol. The molecule has 1 aliphatic heterocycles. The molecule has 1 amide bonds. The van der Waals surface area contributed by atoms with E-state index in [0.29, 0.717) is 18.2 Å². The van der Waals surface area contributed by atoms with E-state index in [0.717, 1.165) is 25.5 Å². The number of halogens is 2. The van der Waals surface area contributed by atoms with E-state index in [9.17, 15) is 13.6 Å². The van der Waals surface area contributed by atoms with Gasteiger partial charge in [-0.15, -0.1) is 10.2 Å². The van der Waals surface area contributed by atoms with Gasteiger partial charge in [-0.25, -0.2) is 18.4 Å². The summed E-state index contributed by atoms with van der Waals surface area (Å²) in [5.74, 6) is -0.487. The fourth-order valence-electron chi connectivity index (χ4n) is 3.33. The first kappa shape index (κ1) is 18.9. The summed E-state index contributed by atoms with van der Waals surface area (Å²) < 4.78 is 28.2. The predicted molar refractivity (Wildman–Crippen MR) is 100 cm³/mol. The van der Waals surface area contributed by atoms with Gasteiger partial charge in [-0.05, 0) is 31.0 Å². The van der Waals surface area contributed by atoms with Crippen molar-refractivity contribution in [1.82, 2.24) is 30.3 Å². The third-order valence-electron chi connectivity index (χ3n) is 4.87. The van der Waals surface area contributed by atoms with Crippen LogP contribution in [0.3, 0.4) is 0 Å². The summed E-state index contributed by atoms with van der Waals surface area (Å²) in [5.41, 5.74) is 0.252. The van der Waals surface area contributed by atoms with E-state index < -0.39 is 11.6 Å². The third-order valence-corrected chi connectivity index (χ3v) is 4.87. The van der Waals surface area contributed by atoms with Crippen molar-refractivity contribution in [2.24, 2.45) is 5.92 Å². The summed E-state index contributed by atoms with van der Waals surface area (Å²) in [6, 6.07) is 6.95. The number of anilines is 1. The summed E-state index contributed by atoms with van der Waals surface area (Å²) in [6.45, 7) is 1.29. The number of piperidine rings is 1. The Hall–Kier alpha value is -3.43. The zero-order chi connectivity index (χ0) is 20.2. The lowest BCUT2D eigenvalue weighted by Crippen LogP contribution is -2.43. The van der Waals surface area contributed by atoms with Crippen LogP contribution in [-0.4, -0.2) is 44.0 Å². The molecule has 0 spiro atoms. The Morgan fingerprint density at radius 3 is 2.72 bits per heavy atom. The van der Waals surface area contributed by atoms with Crippen molar-refractivity contribution in [1.29, 1.82) is 0 Å². The second kappa shape index (κ2) is 8.29. The average Bonchev–Trinajstić information content (AvgIpc) is 3.28. The molecule has 1 aliphatic rings. The zero-order valence-electron chi connectivity index (χ0n) is 15.5. The number of carbonyl (C=O) groups is 1. The van der Waals surface area contributed by atoms with Crippen LogP contribution in [0.15, 0.2) is 43.0 Å². The quantitative estimate of drug-likeness (QED) is 0.705. The largest absolute Gasteiger partial charge is 0.354 e. The van der Waals surface area contributed by atoms with E-state index in [1.807, 2.05) is 11.0 Å². The molecule has 1 unspecified atom stereocenters. The SMILES string of the molecule is O=C(NCc1ccc(F)cc1F)C1CCCN(c2ccc(-n3cncn3)nn2)C1. The second-order valence-corrected chi connectivity index (χ2v) is 6.83. The highest BCUT2D eigenvalue weighted by atomic mass is 19.1. The normalized spacial score (nSPS) is 16.6. The number of hydrogen-bond donors (Lipinski definition) is 1. The molecule has 29 heavy (non-hydrogen) atoms. The Morgan fingerprint density at radius 2 is 2.00 bits per heavy atom. The molecule has 1 fully saturated rings. The van der Waals surface area contributed by atoms with Crippen LogP contribution in [0.4, 0.5) is 14.6 Å². The summed E-state index contributed by atoms with van der Waals surface area (Å²) in [7, 11) is 0. The van der Waals surface area contributed by atoms with Gasteiger partial charge < -0.3 is 10.2 Å². The Morgan fingerprint density at radius 1 is 1.17 bits per heavy atom. The first-order chi connectivity index (χ1) is 14.1.